The Balaban J connectivity index is 1.41. The van der Waals surface area contributed by atoms with Crippen molar-refractivity contribution in [2.75, 3.05) is 11.9 Å². The number of carbonyl (C=O) groups excluding carboxylic acids is 2. The molecule has 2 N–H and O–H groups in total. The summed E-state index contributed by atoms with van der Waals surface area (Å²) in [6, 6.07) is 16.2. The molecular formula is C20H18N4O3. The van der Waals surface area contributed by atoms with Crippen LogP contribution in [0.4, 0.5) is 5.69 Å². The van der Waals surface area contributed by atoms with Gasteiger partial charge in [-0.05, 0) is 17.7 Å². The first-order valence-corrected chi connectivity index (χ1v) is 8.58. The van der Waals surface area contributed by atoms with E-state index in [1.807, 2.05) is 41.0 Å². The zero-order chi connectivity index (χ0) is 18.6. The number of aromatic nitrogens is 2. The van der Waals surface area contributed by atoms with Crippen LogP contribution in [0.5, 0.6) is 5.75 Å². The molecule has 7 heteroatoms. The number of ether oxygens (including phenoxy) is 1. The third kappa shape index (κ3) is 3.82. The van der Waals surface area contributed by atoms with Crippen molar-refractivity contribution in [1.82, 2.24) is 14.9 Å². The lowest BCUT2D eigenvalue weighted by atomic mass is 10.2. The number of hydrogen-bond acceptors (Lipinski definition) is 4. The van der Waals surface area contributed by atoms with Crippen molar-refractivity contribution < 1.29 is 14.3 Å². The van der Waals surface area contributed by atoms with Crippen LogP contribution >= 0.6 is 0 Å². The first-order valence-electron chi connectivity index (χ1n) is 8.58. The predicted octanol–water partition coefficient (Wildman–Crippen LogP) is 2.06. The summed E-state index contributed by atoms with van der Waals surface area (Å²) in [6.45, 7) is 0.669. The fourth-order valence-corrected chi connectivity index (χ4v) is 2.86. The highest BCUT2D eigenvalue weighted by molar-refractivity contribution is 6.01. The van der Waals surface area contributed by atoms with Crippen LogP contribution in [0, 0.1) is 0 Å². The molecule has 136 valence electrons. The summed E-state index contributed by atoms with van der Waals surface area (Å²) < 4.78 is 7.45. The van der Waals surface area contributed by atoms with E-state index in [-0.39, 0.29) is 18.2 Å². The number of amides is 2. The summed E-state index contributed by atoms with van der Waals surface area (Å²) in [5.74, 6) is -0.164. The zero-order valence-electron chi connectivity index (χ0n) is 14.5. The highest BCUT2D eigenvalue weighted by atomic mass is 16.5. The van der Waals surface area contributed by atoms with E-state index < -0.39 is 11.9 Å². The van der Waals surface area contributed by atoms with Crippen molar-refractivity contribution in [1.29, 1.82) is 0 Å². The van der Waals surface area contributed by atoms with Gasteiger partial charge in [0.1, 0.15) is 24.1 Å². The van der Waals surface area contributed by atoms with Crippen LogP contribution in [0.1, 0.15) is 16.1 Å². The van der Waals surface area contributed by atoms with E-state index in [4.69, 9.17) is 4.74 Å². The van der Waals surface area contributed by atoms with Crippen LogP contribution in [0.15, 0.2) is 67.1 Å². The minimum Gasteiger partial charge on any atom is -0.489 e. The van der Waals surface area contributed by atoms with Crippen LogP contribution in [0.2, 0.25) is 0 Å². The van der Waals surface area contributed by atoms with Gasteiger partial charge in [-0.1, -0.05) is 42.5 Å². The summed E-state index contributed by atoms with van der Waals surface area (Å²) in [7, 11) is 0. The maximum Gasteiger partial charge on any atom is 0.272 e. The molecule has 7 nitrogen and oxygen atoms in total. The Bertz CT molecular complexity index is 968. The van der Waals surface area contributed by atoms with E-state index in [0.717, 1.165) is 5.56 Å². The molecular weight excluding hydrogens is 344 g/mol. The van der Waals surface area contributed by atoms with E-state index in [1.54, 1.807) is 30.7 Å². The molecule has 0 fully saturated rings. The van der Waals surface area contributed by atoms with E-state index in [0.29, 0.717) is 18.0 Å². The maximum atomic E-state index is 12.5. The Morgan fingerprint density at radius 1 is 1.19 bits per heavy atom. The number of imidazole rings is 1. The average molecular weight is 362 g/mol. The number of anilines is 1. The van der Waals surface area contributed by atoms with Gasteiger partial charge in [0.05, 0.1) is 12.0 Å². The molecule has 27 heavy (non-hydrogen) atoms. The summed E-state index contributed by atoms with van der Waals surface area (Å²) in [5, 5.41) is 5.45. The number of nitrogens with one attached hydrogen (secondary N) is 2. The van der Waals surface area contributed by atoms with Crippen LogP contribution < -0.4 is 15.4 Å². The Morgan fingerprint density at radius 2 is 1.96 bits per heavy atom. The van der Waals surface area contributed by atoms with E-state index in [2.05, 4.69) is 15.6 Å². The molecule has 0 aliphatic carbocycles. The third-order valence-corrected chi connectivity index (χ3v) is 4.25. The van der Waals surface area contributed by atoms with Gasteiger partial charge in [0.15, 0.2) is 0 Å². The molecule has 0 radical (unpaired) electrons. The van der Waals surface area contributed by atoms with Gasteiger partial charge < -0.3 is 19.9 Å². The molecule has 1 unspecified atom stereocenters. The summed E-state index contributed by atoms with van der Waals surface area (Å²) in [5.41, 5.74) is 1.95. The molecule has 3 aromatic rings. The molecule has 0 bridgehead atoms. The SMILES string of the molecule is O=C(NC1COc2ccccc2NC1=O)c1cn(Cc2ccccc2)cn1. The van der Waals surface area contributed by atoms with Gasteiger partial charge in [-0.15, -0.1) is 0 Å². The van der Waals surface area contributed by atoms with E-state index in [9.17, 15) is 9.59 Å². The van der Waals surface area contributed by atoms with Gasteiger partial charge in [0.2, 0.25) is 0 Å². The maximum absolute atomic E-state index is 12.5. The van der Waals surface area contributed by atoms with Gasteiger partial charge in [-0.2, -0.15) is 0 Å². The minimum atomic E-state index is -0.802. The molecule has 0 spiro atoms. The molecule has 1 atom stereocenters. The lowest BCUT2D eigenvalue weighted by Gasteiger charge is -2.13. The molecule has 1 aliphatic heterocycles. The zero-order valence-corrected chi connectivity index (χ0v) is 14.5. The second-order valence-corrected chi connectivity index (χ2v) is 6.24. The van der Waals surface area contributed by atoms with Gasteiger partial charge in [0.25, 0.3) is 11.8 Å². The second kappa shape index (κ2) is 7.33. The van der Waals surface area contributed by atoms with Crippen molar-refractivity contribution in [2.45, 2.75) is 12.6 Å². The highest BCUT2D eigenvalue weighted by Crippen LogP contribution is 2.26. The fraction of sp³-hybridized carbons (Fsp3) is 0.150. The van der Waals surface area contributed by atoms with E-state index >= 15 is 0 Å². The molecule has 2 amide bonds. The lowest BCUT2D eigenvalue weighted by Crippen LogP contribution is -2.46. The first kappa shape index (κ1) is 16.8. The molecule has 2 heterocycles. The standard InChI is InChI=1S/C20H18N4O3/c25-19(16-11-24(13-21-16)10-14-6-2-1-3-7-14)23-17-12-27-18-9-5-4-8-15(18)22-20(17)26/h1-9,11,13,17H,10,12H2,(H,22,26)(H,23,25). The van der Waals surface area contributed by atoms with Crippen molar-refractivity contribution in [3.8, 4) is 5.75 Å². The summed E-state index contributed by atoms with van der Waals surface area (Å²) in [4.78, 5) is 29.0. The van der Waals surface area contributed by atoms with Gasteiger partial charge in [0, 0.05) is 12.7 Å². The van der Waals surface area contributed by atoms with Crippen molar-refractivity contribution in [3.05, 3.63) is 78.4 Å². The van der Waals surface area contributed by atoms with Crippen LogP contribution in [-0.2, 0) is 11.3 Å². The quantitative estimate of drug-likeness (QED) is 0.744. The normalized spacial score (nSPS) is 15.9. The predicted molar refractivity (Wildman–Crippen MR) is 99.6 cm³/mol. The molecule has 1 aromatic heterocycles. The molecule has 0 saturated heterocycles. The average Bonchev–Trinajstić information content (AvgIpc) is 3.09. The number of carbonyl (C=O) groups is 2. The topological polar surface area (TPSA) is 85.3 Å². The smallest absolute Gasteiger partial charge is 0.272 e. The first-order chi connectivity index (χ1) is 13.2. The Morgan fingerprint density at radius 3 is 2.81 bits per heavy atom. The number of nitrogens with zero attached hydrogens (tertiary/aromatic N) is 2. The summed E-state index contributed by atoms with van der Waals surface area (Å²) in [6.07, 6.45) is 3.26. The van der Waals surface area contributed by atoms with Crippen molar-refractivity contribution >= 4 is 17.5 Å². The largest absolute Gasteiger partial charge is 0.489 e. The lowest BCUT2D eigenvalue weighted by molar-refractivity contribution is -0.118. The number of hydrogen-bond donors (Lipinski definition) is 2. The minimum absolute atomic E-state index is 0.0549. The fourth-order valence-electron chi connectivity index (χ4n) is 2.86. The Labute approximate surface area is 156 Å². The van der Waals surface area contributed by atoms with E-state index in [1.165, 1.54) is 0 Å². The highest BCUT2D eigenvalue weighted by Gasteiger charge is 2.27. The number of benzene rings is 2. The monoisotopic (exact) mass is 362 g/mol. The molecule has 4 rings (SSSR count). The number of rotatable bonds is 4. The van der Waals surface area contributed by atoms with Gasteiger partial charge in [-0.25, -0.2) is 4.98 Å². The van der Waals surface area contributed by atoms with Crippen LogP contribution in [0.25, 0.3) is 0 Å². The van der Waals surface area contributed by atoms with Crippen LogP contribution in [0.3, 0.4) is 0 Å². The number of fused-ring (bicyclic) bond motifs is 1. The van der Waals surface area contributed by atoms with Crippen molar-refractivity contribution in [2.24, 2.45) is 0 Å². The van der Waals surface area contributed by atoms with Crippen LogP contribution in [-0.4, -0.2) is 34.0 Å². The number of para-hydroxylation sites is 2. The third-order valence-electron chi connectivity index (χ3n) is 4.25. The molecule has 2 aromatic carbocycles. The molecule has 1 aliphatic rings. The second-order valence-electron chi connectivity index (χ2n) is 6.24. The van der Waals surface area contributed by atoms with Gasteiger partial charge >= 0.3 is 0 Å². The Kier molecular flexibility index (Phi) is 4.57. The summed E-state index contributed by atoms with van der Waals surface area (Å²) >= 11 is 0. The van der Waals surface area contributed by atoms with Gasteiger partial charge in [-0.3, -0.25) is 9.59 Å². The molecule has 0 saturated carbocycles. The van der Waals surface area contributed by atoms with Crippen molar-refractivity contribution in [3.63, 3.8) is 0 Å². The Hall–Kier alpha value is -3.61.